The van der Waals surface area contributed by atoms with Gasteiger partial charge >= 0.3 is 6.03 Å². The molecule has 23 heavy (non-hydrogen) atoms. The largest absolute Gasteiger partial charge is 0.358 e. The van der Waals surface area contributed by atoms with Crippen LogP contribution in [0.25, 0.3) is 6.08 Å². The van der Waals surface area contributed by atoms with Gasteiger partial charge < -0.3 is 15.0 Å². The van der Waals surface area contributed by atoms with E-state index >= 15 is 0 Å². The van der Waals surface area contributed by atoms with E-state index in [0.717, 1.165) is 52.2 Å². The molecule has 0 aliphatic carbocycles. The molecule has 0 radical (unpaired) electrons. The highest BCUT2D eigenvalue weighted by atomic mass is 16.5. The van der Waals surface area contributed by atoms with E-state index in [1.165, 1.54) is 5.56 Å². The Morgan fingerprint density at radius 2 is 2.00 bits per heavy atom. The van der Waals surface area contributed by atoms with E-state index in [0.29, 0.717) is 0 Å². The minimum Gasteiger partial charge on any atom is -0.358 e. The first-order valence-corrected chi connectivity index (χ1v) is 8.42. The van der Waals surface area contributed by atoms with E-state index in [1.54, 1.807) is 0 Å². The highest BCUT2D eigenvalue weighted by Gasteiger charge is 2.24. The molecule has 2 aliphatic rings. The van der Waals surface area contributed by atoms with Gasteiger partial charge in [0.2, 0.25) is 0 Å². The van der Waals surface area contributed by atoms with Crippen LogP contribution < -0.4 is 5.32 Å². The van der Waals surface area contributed by atoms with Crippen LogP contribution in [0, 0.1) is 0 Å². The van der Waals surface area contributed by atoms with E-state index in [1.807, 2.05) is 23.1 Å². The number of hydrogen-bond acceptors (Lipinski definition) is 3. The Labute approximate surface area is 137 Å². The Bertz CT molecular complexity index is 518. The number of hydrogen-bond donors (Lipinski definition) is 1. The number of ether oxygens (including phenoxy) is 1. The average molecular weight is 315 g/mol. The third kappa shape index (κ3) is 4.81. The SMILES string of the molecule is O=C(NC1CCCO1)N1CCN(C/C=C/c2ccccc2)CC1. The second-order valence-corrected chi connectivity index (χ2v) is 6.05. The molecule has 0 bridgehead atoms. The van der Waals surface area contributed by atoms with Gasteiger partial charge in [0.1, 0.15) is 6.23 Å². The van der Waals surface area contributed by atoms with Gasteiger partial charge in [-0.2, -0.15) is 0 Å². The average Bonchev–Trinajstić information content (AvgIpc) is 3.09. The molecule has 2 amide bonds. The lowest BCUT2D eigenvalue weighted by Crippen LogP contribution is -2.53. The smallest absolute Gasteiger partial charge is 0.319 e. The minimum atomic E-state index is -0.0886. The van der Waals surface area contributed by atoms with Gasteiger partial charge in [-0.1, -0.05) is 42.5 Å². The summed E-state index contributed by atoms with van der Waals surface area (Å²) < 4.78 is 5.45. The van der Waals surface area contributed by atoms with Crippen LogP contribution >= 0.6 is 0 Å². The Morgan fingerprint density at radius 3 is 2.70 bits per heavy atom. The van der Waals surface area contributed by atoms with Crippen LogP contribution in [0.4, 0.5) is 4.79 Å². The number of carbonyl (C=O) groups is 1. The highest BCUT2D eigenvalue weighted by molar-refractivity contribution is 5.74. The maximum absolute atomic E-state index is 12.2. The fourth-order valence-electron chi connectivity index (χ4n) is 2.96. The van der Waals surface area contributed by atoms with E-state index in [-0.39, 0.29) is 12.3 Å². The molecular weight excluding hydrogens is 290 g/mol. The normalized spacial score (nSPS) is 22.6. The van der Waals surface area contributed by atoms with Gasteiger partial charge in [-0.15, -0.1) is 0 Å². The van der Waals surface area contributed by atoms with Gasteiger partial charge in [-0.05, 0) is 18.4 Å². The zero-order valence-electron chi connectivity index (χ0n) is 13.5. The molecule has 1 unspecified atom stereocenters. The van der Waals surface area contributed by atoms with Crippen molar-refractivity contribution in [2.24, 2.45) is 0 Å². The van der Waals surface area contributed by atoms with Crippen molar-refractivity contribution in [3.05, 3.63) is 42.0 Å². The molecule has 1 aromatic rings. The number of amides is 2. The van der Waals surface area contributed by atoms with Crippen molar-refractivity contribution < 1.29 is 9.53 Å². The van der Waals surface area contributed by atoms with Crippen molar-refractivity contribution in [1.29, 1.82) is 0 Å². The maximum Gasteiger partial charge on any atom is 0.319 e. The second kappa shape index (κ2) is 8.13. The first-order valence-electron chi connectivity index (χ1n) is 8.42. The predicted octanol–water partition coefficient (Wildman–Crippen LogP) is 2.16. The topological polar surface area (TPSA) is 44.8 Å². The molecule has 1 aromatic carbocycles. The number of piperazine rings is 1. The standard InChI is InChI=1S/C18H25N3O2/c22-18(19-17-9-5-15-23-17)21-13-11-20(12-14-21)10-4-8-16-6-2-1-3-7-16/h1-4,6-8,17H,5,9-15H2,(H,19,22)/b8-4+. The van der Waals surface area contributed by atoms with Crippen LogP contribution in [0.1, 0.15) is 18.4 Å². The second-order valence-electron chi connectivity index (χ2n) is 6.05. The van der Waals surface area contributed by atoms with E-state index in [9.17, 15) is 4.79 Å². The Balaban J connectivity index is 1.38. The van der Waals surface area contributed by atoms with Gasteiger partial charge in [0, 0.05) is 39.3 Å². The van der Waals surface area contributed by atoms with Gasteiger partial charge in [-0.25, -0.2) is 4.79 Å². The van der Waals surface area contributed by atoms with Crippen LogP contribution in [-0.2, 0) is 4.74 Å². The number of benzene rings is 1. The molecule has 0 aromatic heterocycles. The molecule has 124 valence electrons. The summed E-state index contributed by atoms with van der Waals surface area (Å²) in [7, 11) is 0. The summed E-state index contributed by atoms with van der Waals surface area (Å²) in [5, 5.41) is 2.96. The van der Waals surface area contributed by atoms with Crippen molar-refractivity contribution in [1.82, 2.24) is 15.1 Å². The lowest BCUT2D eigenvalue weighted by Gasteiger charge is -2.34. The van der Waals surface area contributed by atoms with Crippen LogP contribution in [0.15, 0.2) is 36.4 Å². The Hall–Kier alpha value is -1.85. The zero-order chi connectivity index (χ0) is 15.9. The number of nitrogens with zero attached hydrogens (tertiary/aromatic N) is 2. The molecule has 2 fully saturated rings. The van der Waals surface area contributed by atoms with E-state index < -0.39 is 0 Å². The summed E-state index contributed by atoms with van der Waals surface area (Å²) in [6, 6.07) is 10.3. The van der Waals surface area contributed by atoms with Crippen LogP contribution in [0.3, 0.4) is 0 Å². The van der Waals surface area contributed by atoms with Crippen LogP contribution in [-0.4, -0.2) is 61.4 Å². The maximum atomic E-state index is 12.2. The summed E-state index contributed by atoms with van der Waals surface area (Å²) in [5.74, 6) is 0. The third-order valence-electron chi connectivity index (χ3n) is 4.35. The fourth-order valence-corrected chi connectivity index (χ4v) is 2.96. The van der Waals surface area contributed by atoms with Crippen molar-refractivity contribution >= 4 is 12.1 Å². The minimum absolute atomic E-state index is 0.0105. The molecule has 5 nitrogen and oxygen atoms in total. The monoisotopic (exact) mass is 315 g/mol. The Kier molecular flexibility index (Phi) is 5.66. The first kappa shape index (κ1) is 16.0. The summed E-state index contributed by atoms with van der Waals surface area (Å²) in [5.41, 5.74) is 1.22. The number of carbonyl (C=O) groups excluding carboxylic acids is 1. The first-order chi connectivity index (χ1) is 11.3. The predicted molar refractivity (Wildman–Crippen MR) is 91.0 cm³/mol. The van der Waals surface area contributed by atoms with Gasteiger partial charge in [0.25, 0.3) is 0 Å². The zero-order valence-corrected chi connectivity index (χ0v) is 13.5. The molecule has 2 heterocycles. The molecule has 1 atom stereocenters. The summed E-state index contributed by atoms with van der Waals surface area (Å²) in [6.07, 6.45) is 6.21. The fraction of sp³-hybridized carbons (Fsp3) is 0.500. The number of nitrogens with one attached hydrogen (secondary N) is 1. The summed E-state index contributed by atoms with van der Waals surface area (Å²) >= 11 is 0. The molecular formula is C18H25N3O2. The molecule has 3 rings (SSSR count). The van der Waals surface area contributed by atoms with Crippen LogP contribution in [0.2, 0.25) is 0 Å². The van der Waals surface area contributed by atoms with Crippen molar-refractivity contribution in [2.75, 3.05) is 39.3 Å². The lowest BCUT2D eigenvalue weighted by molar-refractivity contribution is 0.0779. The molecule has 1 N–H and O–H groups in total. The van der Waals surface area contributed by atoms with Crippen molar-refractivity contribution in [2.45, 2.75) is 19.1 Å². The number of rotatable bonds is 4. The highest BCUT2D eigenvalue weighted by Crippen LogP contribution is 2.10. The molecule has 5 heteroatoms. The molecule has 0 spiro atoms. The summed E-state index contributed by atoms with van der Waals surface area (Å²) in [4.78, 5) is 16.4. The quantitative estimate of drug-likeness (QED) is 0.926. The third-order valence-corrected chi connectivity index (χ3v) is 4.35. The van der Waals surface area contributed by atoms with Crippen LogP contribution in [0.5, 0.6) is 0 Å². The molecule has 0 saturated carbocycles. The van der Waals surface area contributed by atoms with Gasteiger partial charge in [-0.3, -0.25) is 4.90 Å². The summed E-state index contributed by atoms with van der Waals surface area (Å²) in [6.45, 7) is 5.06. The number of urea groups is 1. The van der Waals surface area contributed by atoms with E-state index in [4.69, 9.17) is 4.74 Å². The Morgan fingerprint density at radius 1 is 1.22 bits per heavy atom. The van der Waals surface area contributed by atoms with Gasteiger partial charge in [0.05, 0.1) is 0 Å². The molecule has 2 aliphatic heterocycles. The van der Waals surface area contributed by atoms with Crippen molar-refractivity contribution in [3.8, 4) is 0 Å². The lowest BCUT2D eigenvalue weighted by atomic mass is 10.2. The van der Waals surface area contributed by atoms with Crippen molar-refractivity contribution in [3.63, 3.8) is 0 Å². The molecule has 2 saturated heterocycles. The van der Waals surface area contributed by atoms with E-state index in [2.05, 4.69) is 34.5 Å². The van der Waals surface area contributed by atoms with Gasteiger partial charge in [0.15, 0.2) is 0 Å².